The third-order valence-corrected chi connectivity index (χ3v) is 4.01. The maximum absolute atomic E-state index is 5.19. The fourth-order valence-electron chi connectivity index (χ4n) is 2.47. The van der Waals surface area contributed by atoms with Crippen molar-refractivity contribution in [1.29, 1.82) is 0 Å². The van der Waals surface area contributed by atoms with Crippen molar-refractivity contribution in [3.05, 3.63) is 34.0 Å². The first-order valence-corrected chi connectivity index (χ1v) is 7.87. The number of halogens is 1. The van der Waals surface area contributed by atoms with Crippen molar-refractivity contribution in [3.8, 4) is 0 Å². The number of aryl methyl sites for hydroxylation is 4. The second-order valence-corrected chi connectivity index (χ2v) is 5.62. The Labute approximate surface area is 160 Å². The van der Waals surface area contributed by atoms with Gasteiger partial charge in [-0.2, -0.15) is 5.10 Å². The van der Waals surface area contributed by atoms with Gasteiger partial charge in [-0.3, -0.25) is 4.68 Å². The lowest BCUT2D eigenvalue weighted by Crippen LogP contribution is -2.37. The summed E-state index contributed by atoms with van der Waals surface area (Å²) in [6, 6.07) is 0. The predicted molar refractivity (Wildman–Crippen MR) is 106 cm³/mol. The van der Waals surface area contributed by atoms with Crippen LogP contribution in [0.4, 0.5) is 0 Å². The number of hydrogen-bond acceptors (Lipinski definition) is 4. The maximum Gasteiger partial charge on any atom is 0.191 e. The van der Waals surface area contributed by atoms with Crippen molar-refractivity contribution < 1.29 is 4.52 Å². The molecule has 0 radical (unpaired) electrons. The molecule has 0 fully saturated rings. The number of rotatable bonds is 5. The average molecular weight is 446 g/mol. The SMILES string of the molecule is CCNC(=NCc1c(C)nn(C)c1C)NCc1c(C)noc1C.I. The van der Waals surface area contributed by atoms with Crippen molar-refractivity contribution in [1.82, 2.24) is 25.6 Å². The first kappa shape index (κ1) is 20.5. The van der Waals surface area contributed by atoms with Gasteiger partial charge in [-0.15, -0.1) is 24.0 Å². The highest BCUT2D eigenvalue weighted by Gasteiger charge is 2.11. The minimum atomic E-state index is 0. The Kier molecular flexibility index (Phi) is 7.71. The molecule has 2 aromatic rings. The van der Waals surface area contributed by atoms with Crippen molar-refractivity contribution in [2.45, 2.75) is 47.7 Å². The van der Waals surface area contributed by atoms with Crippen LogP contribution in [-0.2, 0) is 20.1 Å². The molecule has 0 spiro atoms. The zero-order valence-corrected chi connectivity index (χ0v) is 17.6. The van der Waals surface area contributed by atoms with E-state index in [9.17, 15) is 0 Å². The van der Waals surface area contributed by atoms with Gasteiger partial charge < -0.3 is 15.2 Å². The van der Waals surface area contributed by atoms with E-state index in [1.807, 2.05) is 39.4 Å². The fraction of sp³-hybridized carbons (Fsp3) is 0.562. The van der Waals surface area contributed by atoms with E-state index in [-0.39, 0.29) is 24.0 Å². The molecule has 0 atom stereocenters. The van der Waals surface area contributed by atoms with Crippen LogP contribution in [0.25, 0.3) is 0 Å². The topological polar surface area (TPSA) is 80.3 Å². The molecule has 0 unspecified atom stereocenters. The van der Waals surface area contributed by atoms with E-state index in [0.717, 1.165) is 40.9 Å². The molecule has 0 aliphatic carbocycles. The van der Waals surface area contributed by atoms with Gasteiger partial charge in [0.2, 0.25) is 0 Å². The normalized spacial score (nSPS) is 11.3. The number of guanidine groups is 1. The monoisotopic (exact) mass is 446 g/mol. The number of hydrogen-bond donors (Lipinski definition) is 2. The van der Waals surface area contributed by atoms with Crippen LogP contribution >= 0.6 is 24.0 Å². The summed E-state index contributed by atoms with van der Waals surface area (Å²) in [6.07, 6.45) is 0. The predicted octanol–water partition coefficient (Wildman–Crippen LogP) is 2.52. The van der Waals surface area contributed by atoms with E-state index in [2.05, 4.69) is 32.8 Å². The zero-order valence-electron chi connectivity index (χ0n) is 15.2. The Balaban J connectivity index is 0.00000288. The molecule has 0 saturated heterocycles. The first-order chi connectivity index (χ1) is 10.9. The van der Waals surface area contributed by atoms with Crippen LogP contribution < -0.4 is 10.6 Å². The molecule has 2 heterocycles. The molecule has 24 heavy (non-hydrogen) atoms. The standard InChI is InChI=1S/C16H26N6O.HI/c1-7-17-16(19-9-15-11(3)21-23-13(15)5)18-8-14-10(2)20-22(6)12(14)4;/h7-9H2,1-6H3,(H2,17,18,19);1H. The lowest BCUT2D eigenvalue weighted by atomic mass is 10.2. The summed E-state index contributed by atoms with van der Waals surface area (Å²) >= 11 is 0. The van der Waals surface area contributed by atoms with Crippen LogP contribution in [0.5, 0.6) is 0 Å². The molecule has 0 bridgehead atoms. The van der Waals surface area contributed by atoms with Crippen LogP contribution in [0, 0.1) is 27.7 Å². The third-order valence-electron chi connectivity index (χ3n) is 4.01. The summed E-state index contributed by atoms with van der Waals surface area (Å²) in [4.78, 5) is 4.67. The number of aromatic nitrogens is 3. The van der Waals surface area contributed by atoms with Crippen LogP contribution in [0.1, 0.15) is 40.9 Å². The summed E-state index contributed by atoms with van der Waals surface area (Å²) in [5.74, 6) is 1.61. The lowest BCUT2D eigenvalue weighted by molar-refractivity contribution is 0.392. The molecule has 2 rings (SSSR count). The molecule has 2 N–H and O–H groups in total. The molecule has 8 heteroatoms. The summed E-state index contributed by atoms with van der Waals surface area (Å²) in [5.41, 5.74) is 5.32. The van der Waals surface area contributed by atoms with Crippen molar-refractivity contribution in [3.63, 3.8) is 0 Å². The number of aliphatic imine (C=N–C) groups is 1. The second kappa shape index (κ2) is 9.05. The second-order valence-electron chi connectivity index (χ2n) is 5.62. The highest BCUT2D eigenvalue weighted by molar-refractivity contribution is 14.0. The Morgan fingerprint density at radius 1 is 1.12 bits per heavy atom. The molecular formula is C16H27IN6O. The van der Waals surface area contributed by atoms with Gasteiger partial charge >= 0.3 is 0 Å². The molecule has 0 aliphatic rings. The number of nitrogens with one attached hydrogen (secondary N) is 2. The van der Waals surface area contributed by atoms with Gasteiger partial charge in [0.05, 0.1) is 17.9 Å². The lowest BCUT2D eigenvalue weighted by Gasteiger charge is -2.11. The van der Waals surface area contributed by atoms with Gasteiger partial charge in [0.1, 0.15) is 5.76 Å². The molecule has 0 aliphatic heterocycles. The van der Waals surface area contributed by atoms with E-state index in [1.54, 1.807) is 0 Å². The molecule has 0 saturated carbocycles. The van der Waals surface area contributed by atoms with Gasteiger partial charge in [-0.1, -0.05) is 5.16 Å². The van der Waals surface area contributed by atoms with Crippen molar-refractivity contribution >= 4 is 29.9 Å². The van der Waals surface area contributed by atoms with Gasteiger partial charge in [0.15, 0.2) is 5.96 Å². The highest BCUT2D eigenvalue weighted by Crippen LogP contribution is 2.13. The van der Waals surface area contributed by atoms with E-state index in [4.69, 9.17) is 4.52 Å². The van der Waals surface area contributed by atoms with Crippen LogP contribution in [-0.4, -0.2) is 27.4 Å². The van der Waals surface area contributed by atoms with Gasteiger partial charge in [-0.05, 0) is 34.6 Å². The average Bonchev–Trinajstić information content (AvgIpc) is 2.95. The molecule has 134 valence electrons. The Bertz CT molecular complexity index is 684. The largest absolute Gasteiger partial charge is 0.361 e. The van der Waals surface area contributed by atoms with Gasteiger partial charge in [-0.25, -0.2) is 4.99 Å². The Morgan fingerprint density at radius 2 is 1.83 bits per heavy atom. The zero-order chi connectivity index (χ0) is 17.0. The first-order valence-electron chi connectivity index (χ1n) is 7.87. The Morgan fingerprint density at radius 3 is 2.33 bits per heavy atom. The van der Waals surface area contributed by atoms with Crippen LogP contribution in [0.2, 0.25) is 0 Å². The van der Waals surface area contributed by atoms with Crippen molar-refractivity contribution in [2.24, 2.45) is 12.0 Å². The molecule has 7 nitrogen and oxygen atoms in total. The number of nitrogens with zero attached hydrogens (tertiary/aromatic N) is 4. The van der Waals surface area contributed by atoms with Gasteiger partial charge in [0, 0.05) is 37.0 Å². The van der Waals surface area contributed by atoms with Crippen molar-refractivity contribution in [2.75, 3.05) is 6.54 Å². The minimum absolute atomic E-state index is 0. The smallest absolute Gasteiger partial charge is 0.191 e. The third kappa shape index (κ3) is 4.71. The highest BCUT2D eigenvalue weighted by atomic mass is 127. The maximum atomic E-state index is 5.19. The van der Waals surface area contributed by atoms with E-state index in [0.29, 0.717) is 13.1 Å². The fourth-order valence-corrected chi connectivity index (χ4v) is 2.47. The summed E-state index contributed by atoms with van der Waals surface area (Å²) in [7, 11) is 1.95. The van der Waals surface area contributed by atoms with E-state index in [1.165, 1.54) is 5.56 Å². The molecule has 0 aromatic carbocycles. The summed E-state index contributed by atoms with van der Waals surface area (Å²) < 4.78 is 7.08. The molecule has 2 aromatic heterocycles. The minimum Gasteiger partial charge on any atom is -0.361 e. The molecular weight excluding hydrogens is 419 g/mol. The van der Waals surface area contributed by atoms with E-state index < -0.39 is 0 Å². The van der Waals surface area contributed by atoms with Crippen LogP contribution in [0.15, 0.2) is 9.52 Å². The van der Waals surface area contributed by atoms with E-state index >= 15 is 0 Å². The quantitative estimate of drug-likeness (QED) is 0.419. The van der Waals surface area contributed by atoms with Gasteiger partial charge in [0.25, 0.3) is 0 Å². The Hall–Kier alpha value is -1.58. The summed E-state index contributed by atoms with van der Waals surface area (Å²) in [6.45, 7) is 12.0. The molecule has 0 amide bonds. The van der Waals surface area contributed by atoms with Crippen LogP contribution in [0.3, 0.4) is 0 Å². The summed E-state index contributed by atoms with van der Waals surface area (Å²) in [5, 5.41) is 15.0.